The zero-order valence-corrected chi connectivity index (χ0v) is 15.0. The van der Waals surface area contributed by atoms with Gasteiger partial charge in [0.05, 0.1) is 11.6 Å². The number of nitrogens with zero attached hydrogens (tertiary/aromatic N) is 2. The van der Waals surface area contributed by atoms with Crippen molar-refractivity contribution in [3.05, 3.63) is 77.6 Å². The van der Waals surface area contributed by atoms with Gasteiger partial charge in [0.25, 0.3) is 11.8 Å². The predicted octanol–water partition coefficient (Wildman–Crippen LogP) is 3.19. The molecule has 0 spiro atoms. The van der Waals surface area contributed by atoms with Crippen molar-refractivity contribution in [3.8, 4) is 17.6 Å². The number of hydrogen-bond acceptors (Lipinski definition) is 6. The van der Waals surface area contributed by atoms with E-state index in [0.29, 0.717) is 28.4 Å². The first-order valence-electron chi connectivity index (χ1n) is 8.62. The molecule has 2 amide bonds. The highest BCUT2D eigenvalue weighted by Gasteiger charge is 2.16. The maximum atomic E-state index is 12.5. The zero-order valence-electron chi connectivity index (χ0n) is 15.0. The molecule has 1 aliphatic heterocycles. The summed E-state index contributed by atoms with van der Waals surface area (Å²) in [5.74, 6) is 0.201. The number of nitriles is 1. The van der Waals surface area contributed by atoms with Crippen LogP contribution in [-0.2, 0) is 0 Å². The van der Waals surface area contributed by atoms with Crippen LogP contribution in [0, 0.1) is 11.3 Å². The van der Waals surface area contributed by atoms with Crippen LogP contribution in [0.2, 0.25) is 0 Å². The van der Waals surface area contributed by atoms with Gasteiger partial charge in [0.15, 0.2) is 11.5 Å². The van der Waals surface area contributed by atoms with Crippen molar-refractivity contribution in [2.45, 2.75) is 0 Å². The summed E-state index contributed by atoms with van der Waals surface area (Å²) in [6.07, 6.45) is 0. The summed E-state index contributed by atoms with van der Waals surface area (Å²) in [6, 6.07) is 18.1. The Morgan fingerprint density at radius 2 is 1.52 bits per heavy atom. The number of benzene rings is 2. The number of nitrogens with one attached hydrogen (secondary N) is 2. The molecule has 0 saturated heterocycles. The van der Waals surface area contributed by atoms with Gasteiger partial charge in [-0.25, -0.2) is 4.98 Å². The van der Waals surface area contributed by atoms with E-state index >= 15 is 0 Å². The molecule has 0 aliphatic carbocycles. The van der Waals surface area contributed by atoms with Gasteiger partial charge < -0.3 is 20.1 Å². The largest absolute Gasteiger partial charge is 0.454 e. The zero-order chi connectivity index (χ0) is 20.2. The normalized spacial score (nSPS) is 11.4. The molecule has 1 aromatic heterocycles. The Morgan fingerprint density at radius 1 is 0.862 bits per heavy atom. The Hall–Kier alpha value is -4.38. The molecule has 2 aromatic carbocycles. The Kier molecular flexibility index (Phi) is 4.78. The second kappa shape index (κ2) is 7.70. The van der Waals surface area contributed by atoms with Gasteiger partial charge in [-0.15, -0.1) is 0 Å². The van der Waals surface area contributed by atoms with Crippen LogP contribution in [0.1, 0.15) is 26.5 Å². The van der Waals surface area contributed by atoms with Gasteiger partial charge in [0.1, 0.15) is 11.4 Å². The first kappa shape index (κ1) is 18.0. The fourth-order valence-electron chi connectivity index (χ4n) is 2.72. The van der Waals surface area contributed by atoms with Crippen LogP contribution < -0.4 is 20.1 Å². The van der Waals surface area contributed by atoms with Crippen molar-refractivity contribution >= 4 is 23.2 Å². The molecule has 29 heavy (non-hydrogen) atoms. The van der Waals surface area contributed by atoms with Crippen molar-refractivity contribution in [1.82, 2.24) is 4.98 Å². The van der Waals surface area contributed by atoms with Crippen LogP contribution in [0.4, 0.5) is 11.4 Å². The van der Waals surface area contributed by atoms with Crippen LogP contribution in [0.3, 0.4) is 0 Å². The number of pyridine rings is 1. The standard InChI is InChI=1S/C21H14N4O4/c22-11-13-3-1-4-14(9-13)23-20(26)16-5-2-6-17(25-16)21(27)24-15-7-8-18-19(10-15)29-12-28-18/h1-10H,12H2,(H,23,26)(H,24,27). The SMILES string of the molecule is N#Cc1cccc(NC(=O)c2cccc(C(=O)Nc3ccc4c(c3)OCO4)n2)c1. The summed E-state index contributed by atoms with van der Waals surface area (Å²) >= 11 is 0. The number of carbonyl (C=O) groups excluding carboxylic acids is 2. The van der Waals surface area contributed by atoms with E-state index in [1.165, 1.54) is 12.1 Å². The number of ether oxygens (including phenoxy) is 2. The van der Waals surface area contributed by atoms with E-state index in [4.69, 9.17) is 14.7 Å². The molecule has 8 nitrogen and oxygen atoms in total. The van der Waals surface area contributed by atoms with E-state index in [1.807, 2.05) is 6.07 Å². The molecule has 0 fully saturated rings. The van der Waals surface area contributed by atoms with Gasteiger partial charge in [-0.2, -0.15) is 5.26 Å². The third-order valence-electron chi connectivity index (χ3n) is 4.09. The summed E-state index contributed by atoms with van der Waals surface area (Å²) < 4.78 is 10.5. The molecule has 3 aromatic rings. The first-order valence-corrected chi connectivity index (χ1v) is 8.62. The minimum Gasteiger partial charge on any atom is -0.454 e. The molecular weight excluding hydrogens is 372 g/mol. The van der Waals surface area contributed by atoms with E-state index in [-0.39, 0.29) is 18.2 Å². The van der Waals surface area contributed by atoms with Gasteiger partial charge in [-0.1, -0.05) is 12.1 Å². The van der Waals surface area contributed by atoms with E-state index in [0.717, 1.165) is 0 Å². The molecule has 0 unspecified atom stereocenters. The highest BCUT2D eigenvalue weighted by molar-refractivity contribution is 6.06. The Morgan fingerprint density at radius 3 is 2.24 bits per heavy atom. The Bertz CT molecular complexity index is 1150. The molecule has 0 bridgehead atoms. The van der Waals surface area contributed by atoms with Gasteiger partial charge in [-0.3, -0.25) is 9.59 Å². The van der Waals surface area contributed by atoms with E-state index < -0.39 is 11.8 Å². The molecule has 1 aliphatic rings. The lowest BCUT2D eigenvalue weighted by atomic mass is 10.2. The van der Waals surface area contributed by atoms with Crippen molar-refractivity contribution in [2.24, 2.45) is 0 Å². The number of hydrogen-bond donors (Lipinski definition) is 2. The number of amides is 2. The average molecular weight is 386 g/mol. The monoisotopic (exact) mass is 386 g/mol. The topological polar surface area (TPSA) is 113 Å². The highest BCUT2D eigenvalue weighted by Crippen LogP contribution is 2.34. The molecular formula is C21H14N4O4. The van der Waals surface area contributed by atoms with E-state index in [2.05, 4.69) is 15.6 Å². The third-order valence-corrected chi connectivity index (χ3v) is 4.09. The van der Waals surface area contributed by atoms with Crippen molar-refractivity contribution < 1.29 is 19.1 Å². The van der Waals surface area contributed by atoms with Crippen molar-refractivity contribution in [2.75, 3.05) is 17.4 Å². The third kappa shape index (κ3) is 3.99. The van der Waals surface area contributed by atoms with Crippen LogP contribution >= 0.6 is 0 Å². The summed E-state index contributed by atoms with van der Waals surface area (Å²) in [7, 11) is 0. The minimum atomic E-state index is -0.488. The Balaban J connectivity index is 1.48. The van der Waals surface area contributed by atoms with Crippen LogP contribution in [0.15, 0.2) is 60.7 Å². The molecule has 0 atom stereocenters. The number of aromatic nitrogens is 1. The van der Waals surface area contributed by atoms with Crippen LogP contribution in [0.5, 0.6) is 11.5 Å². The van der Waals surface area contributed by atoms with Gasteiger partial charge >= 0.3 is 0 Å². The predicted molar refractivity (Wildman–Crippen MR) is 104 cm³/mol. The number of carbonyl (C=O) groups is 2. The molecule has 2 heterocycles. The van der Waals surface area contributed by atoms with E-state index in [9.17, 15) is 9.59 Å². The number of rotatable bonds is 4. The molecule has 4 rings (SSSR count). The second-order valence-corrected chi connectivity index (χ2v) is 6.08. The maximum Gasteiger partial charge on any atom is 0.274 e. The van der Waals surface area contributed by atoms with E-state index in [1.54, 1.807) is 48.5 Å². The lowest BCUT2D eigenvalue weighted by Crippen LogP contribution is -2.18. The highest BCUT2D eigenvalue weighted by atomic mass is 16.7. The average Bonchev–Trinajstić information content (AvgIpc) is 3.22. The summed E-state index contributed by atoms with van der Waals surface area (Å²) in [5, 5.41) is 14.3. The maximum absolute atomic E-state index is 12.5. The fraction of sp³-hybridized carbons (Fsp3) is 0.0476. The van der Waals surface area contributed by atoms with Crippen molar-refractivity contribution in [1.29, 1.82) is 5.26 Å². The van der Waals surface area contributed by atoms with Gasteiger partial charge in [0, 0.05) is 17.4 Å². The lowest BCUT2D eigenvalue weighted by molar-refractivity contribution is 0.101. The molecule has 8 heteroatoms. The quantitative estimate of drug-likeness (QED) is 0.712. The summed E-state index contributed by atoms with van der Waals surface area (Å²) in [5.41, 5.74) is 1.56. The van der Waals surface area contributed by atoms with Crippen molar-refractivity contribution in [3.63, 3.8) is 0 Å². The van der Waals surface area contributed by atoms with Gasteiger partial charge in [-0.05, 0) is 42.5 Å². The molecule has 2 N–H and O–H groups in total. The fourth-order valence-corrected chi connectivity index (χ4v) is 2.72. The van der Waals surface area contributed by atoms with Gasteiger partial charge in [0.2, 0.25) is 6.79 Å². The Labute approximate surface area is 165 Å². The smallest absolute Gasteiger partial charge is 0.274 e. The minimum absolute atomic E-state index is 0.0747. The van der Waals surface area contributed by atoms with Crippen LogP contribution in [0.25, 0.3) is 0 Å². The lowest BCUT2D eigenvalue weighted by Gasteiger charge is -2.08. The van der Waals surface area contributed by atoms with Crippen LogP contribution in [-0.4, -0.2) is 23.6 Å². The number of anilines is 2. The summed E-state index contributed by atoms with van der Waals surface area (Å²) in [4.78, 5) is 29.1. The molecule has 0 saturated carbocycles. The molecule has 142 valence electrons. The second-order valence-electron chi connectivity index (χ2n) is 6.08. The first-order chi connectivity index (χ1) is 14.1. The molecule has 0 radical (unpaired) electrons. The number of fused-ring (bicyclic) bond motifs is 1. The summed E-state index contributed by atoms with van der Waals surface area (Å²) in [6.45, 7) is 0.142.